The lowest BCUT2D eigenvalue weighted by molar-refractivity contribution is 0.347. The van der Waals surface area contributed by atoms with E-state index in [0.717, 1.165) is 6.26 Å². The Hall–Kier alpha value is -0.570. The first-order valence-corrected chi connectivity index (χ1v) is 4.29. The predicted octanol–water partition coefficient (Wildman–Crippen LogP) is -1.04. The van der Waals surface area contributed by atoms with Crippen LogP contribution in [0.25, 0.3) is 0 Å². The lowest BCUT2D eigenvalue weighted by Crippen LogP contribution is -2.02. The standard InChI is InChI=1S/C5H8O4S/c1-10(7,8)9-5-3-2-4-6/h6H,4-5H2,1H3. The van der Waals surface area contributed by atoms with Gasteiger partial charge in [-0.1, -0.05) is 11.8 Å². The molecule has 0 aliphatic carbocycles. The van der Waals surface area contributed by atoms with Crippen LogP contribution in [0.5, 0.6) is 0 Å². The van der Waals surface area contributed by atoms with Gasteiger partial charge in [0.25, 0.3) is 10.1 Å². The van der Waals surface area contributed by atoms with Crippen molar-refractivity contribution < 1.29 is 17.7 Å². The highest BCUT2D eigenvalue weighted by atomic mass is 32.2. The molecule has 0 spiro atoms. The van der Waals surface area contributed by atoms with Crippen LogP contribution in [0.1, 0.15) is 0 Å². The van der Waals surface area contributed by atoms with Gasteiger partial charge in [0.15, 0.2) is 0 Å². The van der Waals surface area contributed by atoms with E-state index in [-0.39, 0.29) is 13.2 Å². The van der Waals surface area contributed by atoms with Crippen LogP contribution < -0.4 is 0 Å². The van der Waals surface area contributed by atoms with Gasteiger partial charge in [-0.25, -0.2) is 0 Å². The third-order valence-electron chi connectivity index (χ3n) is 0.549. The van der Waals surface area contributed by atoms with E-state index in [1.165, 1.54) is 0 Å². The molecule has 10 heavy (non-hydrogen) atoms. The molecule has 0 aliphatic heterocycles. The third kappa shape index (κ3) is 7.43. The smallest absolute Gasteiger partial charge is 0.265 e. The molecule has 0 saturated carbocycles. The SMILES string of the molecule is CS(=O)(=O)OCC#CCO. The van der Waals surface area contributed by atoms with Gasteiger partial charge in [-0.3, -0.25) is 4.18 Å². The monoisotopic (exact) mass is 164 g/mol. The average molecular weight is 164 g/mol. The van der Waals surface area contributed by atoms with Gasteiger partial charge in [-0.2, -0.15) is 8.42 Å². The maximum Gasteiger partial charge on any atom is 0.265 e. The van der Waals surface area contributed by atoms with E-state index in [2.05, 4.69) is 16.0 Å². The minimum Gasteiger partial charge on any atom is -0.384 e. The van der Waals surface area contributed by atoms with E-state index in [1.807, 2.05) is 0 Å². The summed E-state index contributed by atoms with van der Waals surface area (Å²) >= 11 is 0. The highest BCUT2D eigenvalue weighted by molar-refractivity contribution is 7.85. The van der Waals surface area contributed by atoms with E-state index in [4.69, 9.17) is 5.11 Å². The quantitative estimate of drug-likeness (QED) is 0.418. The van der Waals surface area contributed by atoms with Crippen LogP contribution in [-0.2, 0) is 14.3 Å². The first-order valence-electron chi connectivity index (χ1n) is 2.47. The van der Waals surface area contributed by atoms with E-state index >= 15 is 0 Å². The normalized spacial score (nSPS) is 10.2. The van der Waals surface area contributed by atoms with Crippen LogP contribution in [0.2, 0.25) is 0 Å². The van der Waals surface area contributed by atoms with E-state index < -0.39 is 10.1 Å². The molecule has 0 aromatic rings. The Morgan fingerprint density at radius 2 is 2.10 bits per heavy atom. The Labute approximate surface area is 59.9 Å². The molecule has 58 valence electrons. The van der Waals surface area contributed by atoms with Crippen LogP contribution in [0.15, 0.2) is 0 Å². The van der Waals surface area contributed by atoms with Crippen molar-refractivity contribution in [3.05, 3.63) is 0 Å². The maximum atomic E-state index is 10.2. The Morgan fingerprint density at radius 3 is 2.50 bits per heavy atom. The number of hydrogen-bond donors (Lipinski definition) is 1. The highest BCUT2D eigenvalue weighted by Crippen LogP contribution is 1.82. The van der Waals surface area contributed by atoms with Gasteiger partial charge in [-0.15, -0.1) is 0 Å². The maximum absolute atomic E-state index is 10.2. The summed E-state index contributed by atoms with van der Waals surface area (Å²) in [4.78, 5) is 0. The van der Waals surface area contributed by atoms with Gasteiger partial charge in [-0.05, 0) is 0 Å². The number of hydrogen-bond acceptors (Lipinski definition) is 4. The highest BCUT2D eigenvalue weighted by Gasteiger charge is 1.96. The van der Waals surface area contributed by atoms with E-state index in [9.17, 15) is 8.42 Å². The van der Waals surface area contributed by atoms with Gasteiger partial charge in [0, 0.05) is 0 Å². The summed E-state index contributed by atoms with van der Waals surface area (Å²) in [6.45, 7) is -0.480. The summed E-state index contributed by atoms with van der Waals surface area (Å²) in [5, 5.41) is 8.12. The summed E-state index contributed by atoms with van der Waals surface area (Å²) in [6, 6.07) is 0. The van der Waals surface area contributed by atoms with Crippen LogP contribution in [0.4, 0.5) is 0 Å². The number of rotatable bonds is 2. The molecule has 0 amide bonds. The van der Waals surface area contributed by atoms with Crippen LogP contribution >= 0.6 is 0 Å². The van der Waals surface area contributed by atoms with Gasteiger partial charge in [0.1, 0.15) is 13.2 Å². The summed E-state index contributed by atoms with van der Waals surface area (Å²) in [6.07, 6.45) is 0.938. The summed E-state index contributed by atoms with van der Waals surface area (Å²) < 4.78 is 24.7. The van der Waals surface area contributed by atoms with Crippen LogP contribution in [-0.4, -0.2) is 33.0 Å². The van der Waals surface area contributed by atoms with Crippen molar-refractivity contribution in [1.29, 1.82) is 0 Å². The molecule has 0 aromatic heterocycles. The fourth-order valence-electron chi connectivity index (χ4n) is 0.243. The van der Waals surface area contributed by atoms with Crippen molar-refractivity contribution >= 4 is 10.1 Å². The van der Waals surface area contributed by atoms with E-state index in [0.29, 0.717) is 0 Å². The fourth-order valence-corrected chi connectivity index (χ4v) is 0.516. The van der Waals surface area contributed by atoms with Gasteiger partial charge >= 0.3 is 0 Å². The molecule has 5 heteroatoms. The second-order valence-electron chi connectivity index (χ2n) is 1.48. The zero-order chi connectivity index (χ0) is 8.04. The molecule has 0 heterocycles. The van der Waals surface area contributed by atoms with Crippen molar-refractivity contribution in [2.75, 3.05) is 19.5 Å². The molecule has 4 nitrogen and oxygen atoms in total. The largest absolute Gasteiger partial charge is 0.384 e. The molecule has 0 aromatic carbocycles. The molecule has 0 bridgehead atoms. The molecule has 0 aliphatic rings. The van der Waals surface area contributed by atoms with Crippen molar-refractivity contribution in [3.8, 4) is 11.8 Å². The Kier molecular flexibility index (Phi) is 4.03. The Balaban J connectivity index is 3.58. The summed E-state index contributed by atoms with van der Waals surface area (Å²) in [5.41, 5.74) is 0. The van der Waals surface area contributed by atoms with Gasteiger partial charge in [0.05, 0.1) is 6.26 Å². The molecule has 0 radical (unpaired) electrons. The molecular formula is C5H8O4S. The van der Waals surface area contributed by atoms with Crippen molar-refractivity contribution in [2.45, 2.75) is 0 Å². The van der Waals surface area contributed by atoms with E-state index in [1.54, 1.807) is 0 Å². The average Bonchev–Trinajstić information content (AvgIpc) is 1.78. The zero-order valence-corrected chi connectivity index (χ0v) is 6.31. The minimum absolute atomic E-state index is 0.195. The third-order valence-corrected chi connectivity index (χ3v) is 1.10. The molecular weight excluding hydrogens is 156 g/mol. The van der Waals surface area contributed by atoms with Crippen LogP contribution in [0, 0.1) is 11.8 Å². The molecule has 0 unspecified atom stereocenters. The van der Waals surface area contributed by atoms with Crippen molar-refractivity contribution in [2.24, 2.45) is 0 Å². The molecule has 0 rings (SSSR count). The fraction of sp³-hybridized carbons (Fsp3) is 0.600. The van der Waals surface area contributed by atoms with Gasteiger partial charge < -0.3 is 5.11 Å². The second kappa shape index (κ2) is 4.28. The lowest BCUT2D eigenvalue weighted by atomic mass is 10.6. The van der Waals surface area contributed by atoms with Gasteiger partial charge in [0.2, 0.25) is 0 Å². The Morgan fingerprint density at radius 1 is 1.50 bits per heavy atom. The summed E-state index contributed by atoms with van der Waals surface area (Å²) in [7, 11) is -3.39. The number of aliphatic hydroxyl groups excluding tert-OH is 1. The second-order valence-corrected chi connectivity index (χ2v) is 3.12. The zero-order valence-electron chi connectivity index (χ0n) is 5.49. The minimum atomic E-state index is -3.39. The lowest BCUT2D eigenvalue weighted by Gasteiger charge is -1.91. The number of aliphatic hydroxyl groups is 1. The molecule has 0 fully saturated rings. The Bertz CT molecular complexity index is 230. The molecule has 0 atom stereocenters. The topological polar surface area (TPSA) is 63.6 Å². The predicted molar refractivity (Wildman–Crippen MR) is 35.7 cm³/mol. The first-order chi connectivity index (χ1) is 4.56. The van der Waals surface area contributed by atoms with Crippen LogP contribution in [0.3, 0.4) is 0 Å². The van der Waals surface area contributed by atoms with Crippen molar-refractivity contribution in [1.82, 2.24) is 0 Å². The summed E-state index contributed by atoms with van der Waals surface area (Å²) in [5.74, 6) is 4.53. The molecule has 0 saturated heterocycles. The molecule has 1 N–H and O–H groups in total. The van der Waals surface area contributed by atoms with Crippen molar-refractivity contribution in [3.63, 3.8) is 0 Å². The first kappa shape index (κ1) is 9.43.